The van der Waals surface area contributed by atoms with Crippen molar-refractivity contribution in [3.8, 4) is 0 Å². The Bertz CT molecular complexity index is 666. The van der Waals surface area contributed by atoms with Crippen molar-refractivity contribution in [1.29, 1.82) is 0 Å². The van der Waals surface area contributed by atoms with Crippen molar-refractivity contribution in [1.82, 2.24) is 5.32 Å². The summed E-state index contributed by atoms with van der Waals surface area (Å²) in [5.74, 6) is -0.926. The van der Waals surface area contributed by atoms with Crippen molar-refractivity contribution in [3.63, 3.8) is 0 Å². The third kappa shape index (κ3) is 4.88. The number of carboxylic acid groups (broad SMARTS) is 1. The van der Waals surface area contributed by atoms with Crippen LogP contribution in [-0.4, -0.2) is 23.5 Å². The van der Waals surface area contributed by atoms with Gasteiger partial charge in [-0.2, -0.15) is 0 Å². The van der Waals surface area contributed by atoms with E-state index < -0.39 is 5.97 Å². The molecule has 0 fully saturated rings. The lowest BCUT2D eigenvalue weighted by Crippen LogP contribution is -2.29. The van der Waals surface area contributed by atoms with Gasteiger partial charge in [0.25, 0.3) is 0 Å². The zero-order chi connectivity index (χ0) is 15.9. The first-order valence-corrected chi connectivity index (χ1v) is 7.51. The first-order chi connectivity index (χ1) is 10.5. The molecule has 1 atom stereocenters. The summed E-state index contributed by atoms with van der Waals surface area (Å²) < 4.78 is 0. The second-order valence-electron chi connectivity index (χ2n) is 5.69. The molecule has 0 aliphatic carbocycles. The van der Waals surface area contributed by atoms with Gasteiger partial charge in [0.15, 0.2) is 0 Å². The summed E-state index contributed by atoms with van der Waals surface area (Å²) in [6.45, 7) is 2.22. The second kappa shape index (κ2) is 7.59. The van der Waals surface area contributed by atoms with Gasteiger partial charge in [0.2, 0.25) is 5.91 Å². The van der Waals surface area contributed by atoms with Crippen LogP contribution >= 0.6 is 0 Å². The fourth-order valence-corrected chi connectivity index (χ4v) is 2.40. The van der Waals surface area contributed by atoms with Crippen LogP contribution in [0.25, 0.3) is 10.8 Å². The molecule has 2 aromatic rings. The van der Waals surface area contributed by atoms with Crippen LogP contribution in [0.1, 0.15) is 25.3 Å². The fraction of sp³-hybridized carbons (Fsp3) is 0.333. The number of carboxylic acids is 1. The van der Waals surface area contributed by atoms with E-state index in [1.54, 1.807) is 0 Å². The molecule has 0 radical (unpaired) electrons. The van der Waals surface area contributed by atoms with Gasteiger partial charge in [-0.3, -0.25) is 9.59 Å². The molecule has 1 amide bonds. The number of hydrogen-bond donors (Lipinski definition) is 2. The first-order valence-electron chi connectivity index (χ1n) is 7.51. The molecule has 0 bridgehead atoms. The summed E-state index contributed by atoms with van der Waals surface area (Å²) in [4.78, 5) is 22.4. The van der Waals surface area contributed by atoms with Gasteiger partial charge in [0.1, 0.15) is 0 Å². The number of carbonyl (C=O) groups is 2. The molecule has 0 saturated heterocycles. The maximum Gasteiger partial charge on any atom is 0.303 e. The lowest BCUT2D eigenvalue weighted by Gasteiger charge is -2.10. The van der Waals surface area contributed by atoms with Gasteiger partial charge >= 0.3 is 5.97 Å². The molecule has 2 aromatic carbocycles. The Morgan fingerprint density at radius 1 is 1.14 bits per heavy atom. The Balaban J connectivity index is 1.81. The average Bonchev–Trinajstić information content (AvgIpc) is 2.50. The summed E-state index contributed by atoms with van der Waals surface area (Å²) in [6.07, 6.45) is 1.17. The SMILES string of the molecule is CC(CNC(=O)CCc1ccc2ccccc2c1)CC(=O)O. The highest BCUT2D eigenvalue weighted by Gasteiger charge is 2.09. The number of aryl methyl sites for hydroxylation is 1. The van der Waals surface area contributed by atoms with Crippen molar-refractivity contribution < 1.29 is 14.7 Å². The zero-order valence-electron chi connectivity index (χ0n) is 12.7. The van der Waals surface area contributed by atoms with E-state index in [2.05, 4.69) is 29.6 Å². The van der Waals surface area contributed by atoms with E-state index in [0.717, 1.165) is 5.56 Å². The molecule has 4 heteroatoms. The van der Waals surface area contributed by atoms with Crippen LogP contribution in [0.3, 0.4) is 0 Å². The van der Waals surface area contributed by atoms with Crippen LogP contribution in [0.4, 0.5) is 0 Å². The largest absolute Gasteiger partial charge is 0.481 e. The van der Waals surface area contributed by atoms with Gasteiger partial charge in [0, 0.05) is 19.4 Å². The maximum absolute atomic E-state index is 11.8. The third-order valence-electron chi connectivity index (χ3n) is 3.63. The zero-order valence-corrected chi connectivity index (χ0v) is 12.7. The molecule has 2 N–H and O–H groups in total. The van der Waals surface area contributed by atoms with Crippen molar-refractivity contribution in [2.24, 2.45) is 5.92 Å². The molecule has 0 saturated carbocycles. The minimum Gasteiger partial charge on any atom is -0.481 e. The van der Waals surface area contributed by atoms with Gasteiger partial charge in [-0.1, -0.05) is 49.4 Å². The summed E-state index contributed by atoms with van der Waals surface area (Å²) in [5.41, 5.74) is 1.13. The maximum atomic E-state index is 11.8. The minimum absolute atomic E-state index is 0.0367. The molecule has 116 valence electrons. The molecule has 22 heavy (non-hydrogen) atoms. The van der Waals surface area contributed by atoms with Crippen LogP contribution in [-0.2, 0) is 16.0 Å². The summed E-state index contributed by atoms with van der Waals surface area (Å²) in [6, 6.07) is 14.4. The van der Waals surface area contributed by atoms with E-state index in [1.807, 2.05) is 25.1 Å². The predicted molar refractivity (Wildman–Crippen MR) is 86.7 cm³/mol. The smallest absolute Gasteiger partial charge is 0.303 e. The van der Waals surface area contributed by atoms with Crippen molar-refractivity contribution in [2.75, 3.05) is 6.54 Å². The Morgan fingerprint density at radius 2 is 1.86 bits per heavy atom. The summed E-state index contributed by atoms with van der Waals surface area (Å²) in [5, 5.41) is 13.8. The van der Waals surface area contributed by atoms with Crippen LogP contribution in [0.2, 0.25) is 0 Å². The number of carbonyl (C=O) groups excluding carboxylic acids is 1. The Labute approximate surface area is 130 Å². The van der Waals surface area contributed by atoms with Crippen molar-refractivity contribution >= 4 is 22.6 Å². The van der Waals surface area contributed by atoms with E-state index in [-0.39, 0.29) is 18.2 Å². The molecule has 0 aliphatic rings. The highest BCUT2D eigenvalue weighted by Crippen LogP contribution is 2.16. The quantitative estimate of drug-likeness (QED) is 0.826. The average molecular weight is 299 g/mol. The van der Waals surface area contributed by atoms with Crippen LogP contribution < -0.4 is 5.32 Å². The number of nitrogens with one attached hydrogen (secondary N) is 1. The Morgan fingerprint density at radius 3 is 2.59 bits per heavy atom. The number of benzene rings is 2. The lowest BCUT2D eigenvalue weighted by atomic mass is 10.0. The topological polar surface area (TPSA) is 66.4 Å². The number of aliphatic carboxylic acids is 1. The van der Waals surface area contributed by atoms with Gasteiger partial charge in [0.05, 0.1) is 0 Å². The predicted octanol–water partition coefficient (Wildman–Crippen LogP) is 3.00. The molecule has 0 aliphatic heterocycles. The molecular weight excluding hydrogens is 278 g/mol. The summed E-state index contributed by atoms with van der Waals surface area (Å²) in [7, 11) is 0. The lowest BCUT2D eigenvalue weighted by molar-refractivity contribution is -0.138. The third-order valence-corrected chi connectivity index (χ3v) is 3.63. The monoisotopic (exact) mass is 299 g/mol. The Kier molecular flexibility index (Phi) is 5.53. The van der Waals surface area contributed by atoms with E-state index >= 15 is 0 Å². The van der Waals surface area contributed by atoms with Crippen molar-refractivity contribution in [2.45, 2.75) is 26.2 Å². The van der Waals surface area contributed by atoms with E-state index in [4.69, 9.17) is 5.11 Å². The highest BCUT2D eigenvalue weighted by molar-refractivity contribution is 5.83. The number of fused-ring (bicyclic) bond motifs is 1. The summed E-state index contributed by atoms with van der Waals surface area (Å²) >= 11 is 0. The number of amides is 1. The minimum atomic E-state index is -0.835. The van der Waals surface area contributed by atoms with Crippen LogP contribution in [0, 0.1) is 5.92 Å². The van der Waals surface area contributed by atoms with Crippen LogP contribution in [0.5, 0.6) is 0 Å². The molecular formula is C18H21NO3. The van der Waals surface area contributed by atoms with E-state index in [0.29, 0.717) is 19.4 Å². The van der Waals surface area contributed by atoms with E-state index in [1.165, 1.54) is 10.8 Å². The normalized spacial score (nSPS) is 12.0. The molecule has 2 rings (SSSR count). The van der Waals surface area contributed by atoms with Crippen LogP contribution in [0.15, 0.2) is 42.5 Å². The van der Waals surface area contributed by atoms with Gasteiger partial charge in [-0.25, -0.2) is 0 Å². The highest BCUT2D eigenvalue weighted by atomic mass is 16.4. The van der Waals surface area contributed by atoms with Gasteiger partial charge in [-0.05, 0) is 28.7 Å². The Hall–Kier alpha value is -2.36. The molecule has 0 aromatic heterocycles. The molecule has 1 unspecified atom stereocenters. The number of hydrogen-bond acceptors (Lipinski definition) is 2. The molecule has 4 nitrogen and oxygen atoms in total. The second-order valence-corrected chi connectivity index (χ2v) is 5.69. The molecule has 0 heterocycles. The standard InChI is InChI=1S/C18H21NO3/c1-13(10-18(21)22)12-19-17(20)9-7-14-6-8-15-4-2-3-5-16(15)11-14/h2-6,8,11,13H,7,9-10,12H2,1H3,(H,19,20)(H,21,22). The molecule has 0 spiro atoms. The van der Waals surface area contributed by atoms with Gasteiger partial charge < -0.3 is 10.4 Å². The van der Waals surface area contributed by atoms with E-state index in [9.17, 15) is 9.59 Å². The number of rotatable bonds is 7. The first kappa shape index (κ1) is 16.0. The fourth-order valence-electron chi connectivity index (χ4n) is 2.40. The van der Waals surface area contributed by atoms with Crippen molar-refractivity contribution in [3.05, 3.63) is 48.0 Å². The van der Waals surface area contributed by atoms with Gasteiger partial charge in [-0.15, -0.1) is 0 Å².